The average molecular weight is 344 g/mol. The van der Waals surface area contributed by atoms with Crippen molar-refractivity contribution in [3.63, 3.8) is 0 Å². The van der Waals surface area contributed by atoms with Crippen molar-refractivity contribution in [2.24, 2.45) is 17.8 Å². The summed E-state index contributed by atoms with van der Waals surface area (Å²) in [6, 6.07) is 0. The molecule has 0 aromatic rings. The second kappa shape index (κ2) is 10.3. The van der Waals surface area contributed by atoms with E-state index in [1.807, 2.05) is 6.08 Å². The molecule has 0 heterocycles. The van der Waals surface area contributed by atoms with Crippen molar-refractivity contribution in [3.05, 3.63) is 24.6 Å². The van der Waals surface area contributed by atoms with Gasteiger partial charge in [-0.1, -0.05) is 6.08 Å². The molecule has 2 fully saturated rings. The highest BCUT2D eigenvalue weighted by Crippen LogP contribution is 2.43. The summed E-state index contributed by atoms with van der Waals surface area (Å²) in [5, 5.41) is 0. The van der Waals surface area contributed by atoms with Gasteiger partial charge in [-0.3, -0.25) is 0 Å². The minimum absolute atomic E-state index is 0.391. The van der Waals surface area contributed by atoms with Crippen molar-refractivity contribution in [1.29, 1.82) is 0 Å². The van der Waals surface area contributed by atoms with Gasteiger partial charge in [0, 0.05) is 12.5 Å². The van der Waals surface area contributed by atoms with Gasteiger partial charge in [0.2, 0.25) is 0 Å². The molecule has 0 aliphatic heterocycles. The molecule has 0 aromatic heterocycles. The molecule has 0 bridgehead atoms. The summed E-state index contributed by atoms with van der Waals surface area (Å²) in [6.07, 6.45) is 11.0. The minimum Gasteiger partial charge on any atom is -0.378 e. The monoisotopic (exact) mass is 344 g/mol. The Morgan fingerprint density at radius 2 is 1.46 bits per heavy atom. The van der Waals surface area contributed by atoms with Gasteiger partial charge in [0.05, 0.1) is 6.10 Å². The molecule has 0 radical (unpaired) electrons. The third-order valence-corrected chi connectivity index (χ3v) is 5.85. The lowest BCUT2D eigenvalue weighted by atomic mass is 9.70. The molecule has 0 aromatic carbocycles. The maximum Gasteiger partial charge on any atom is 0.301 e. The van der Waals surface area contributed by atoms with Gasteiger partial charge in [-0.2, -0.15) is 8.78 Å². The Morgan fingerprint density at radius 3 is 2.00 bits per heavy atom. The Morgan fingerprint density at radius 1 is 0.875 bits per heavy atom. The summed E-state index contributed by atoms with van der Waals surface area (Å²) in [4.78, 5) is 0. The van der Waals surface area contributed by atoms with Gasteiger partial charge in [0.15, 0.2) is 5.83 Å². The third-order valence-electron chi connectivity index (χ3n) is 5.85. The molecule has 0 saturated heterocycles. The quantitative estimate of drug-likeness (QED) is 0.347. The van der Waals surface area contributed by atoms with E-state index in [4.69, 9.17) is 4.74 Å². The fourth-order valence-corrected chi connectivity index (χ4v) is 4.37. The molecule has 2 rings (SSSR count). The van der Waals surface area contributed by atoms with E-state index in [-0.39, 0.29) is 0 Å². The number of hydrogen-bond acceptors (Lipinski definition) is 1. The molecular formula is C20H31F3O. The Hall–Kier alpha value is -0.770. The first-order chi connectivity index (χ1) is 11.6. The molecule has 0 atom stereocenters. The minimum atomic E-state index is -2.12. The lowest BCUT2D eigenvalue weighted by molar-refractivity contribution is 0.00576. The highest BCUT2D eigenvalue weighted by atomic mass is 19.3. The van der Waals surface area contributed by atoms with Crippen LogP contribution in [-0.4, -0.2) is 12.7 Å². The molecule has 4 heteroatoms. The Labute approximate surface area is 144 Å². The highest BCUT2D eigenvalue weighted by Gasteiger charge is 2.33. The predicted octanol–water partition coefficient (Wildman–Crippen LogP) is 6.80. The third kappa shape index (κ3) is 5.94. The summed E-state index contributed by atoms with van der Waals surface area (Å²) < 4.78 is 44.0. The van der Waals surface area contributed by atoms with E-state index in [1.165, 1.54) is 12.8 Å². The molecule has 0 spiro atoms. The SMILES string of the molecule is C=CCCCCOC1CCC(C2CCC(C(F)=C(F)F)CC2)CC1. The highest BCUT2D eigenvalue weighted by molar-refractivity contribution is 5.00. The zero-order valence-corrected chi connectivity index (χ0v) is 14.6. The number of hydrogen-bond donors (Lipinski definition) is 0. The van der Waals surface area contributed by atoms with Gasteiger partial charge in [0.1, 0.15) is 0 Å². The van der Waals surface area contributed by atoms with Crippen LogP contribution in [0.4, 0.5) is 13.2 Å². The van der Waals surface area contributed by atoms with Crippen molar-refractivity contribution >= 4 is 0 Å². The van der Waals surface area contributed by atoms with Crippen molar-refractivity contribution in [1.82, 2.24) is 0 Å². The molecule has 2 aliphatic carbocycles. The standard InChI is InChI=1S/C20H31F3O/c1-2-3-4-5-14-24-18-12-10-16(11-13-18)15-6-8-17(9-7-15)19(21)20(22)23/h2,15-18H,1,3-14H2. The van der Waals surface area contributed by atoms with Crippen LogP contribution in [0.15, 0.2) is 24.6 Å². The van der Waals surface area contributed by atoms with Crippen molar-refractivity contribution in [2.45, 2.75) is 76.7 Å². The lowest BCUT2D eigenvalue weighted by Gasteiger charge is -2.37. The van der Waals surface area contributed by atoms with E-state index in [1.54, 1.807) is 0 Å². The van der Waals surface area contributed by atoms with Crippen LogP contribution in [0.25, 0.3) is 0 Å². The van der Waals surface area contributed by atoms with Crippen molar-refractivity contribution in [3.8, 4) is 0 Å². The number of halogens is 3. The smallest absolute Gasteiger partial charge is 0.301 e. The zero-order valence-electron chi connectivity index (χ0n) is 14.6. The van der Waals surface area contributed by atoms with Crippen molar-refractivity contribution < 1.29 is 17.9 Å². The zero-order chi connectivity index (χ0) is 17.4. The van der Waals surface area contributed by atoms with Crippen LogP contribution in [0, 0.1) is 17.8 Å². The Kier molecular flexibility index (Phi) is 8.37. The predicted molar refractivity (Wildman–Crippen MR) is 91.5 cm³/mol. The van der Waals surface area contributed by atoms with Gasteiger partial charge in [0.25, 0.3) is 0 Å². The van der Waals surface area contributed by atoms with Crippen LogP contribution < -0.4 is 0 Å². The second-order valence-corrected chi connectivity index (χ2v) is 7.41. The maximum absolute atomic E-state index is 13.3. The van der Waals surface area contributed by atoms with E-state index in [0.717, 1.165) is 51.6 Å². The van der Waals surface area contributed by atoms with E-state index in [2.05, 4.69) is 6.58 Å². The summed E-state index contributed by atoms with van der Waals surface area (Å²) >= 11 is 0. The van der Waals surface area contributed by atoms with Crippen molar-refractivity contribution in [2.75, 3.05) is 6.61 Å². The Balaban J connectivity index is 1.63. The molecule has 138 valence electrons. The largest absolute Gasteiger partial charge is 0.378 e. The number of ether oxygens (including phenoxy) is 1. The summed E-state index contributed by atoms with van der Waals surface area (Å²) in [7, 11) is 0. The van der Waals surface area contributed by atoms with E-state index < -0.39 is 17.8 Å². The summed E-state index contributed by atoms with van der Waals surface area (Å²) in [5.41, 5.74) is 0. The fraction of sp³-hybridized carbons (Fsp3) is 0.800. The molecule has 0 unspecified atom stereocenters. The molecule has 0 amide bonds. The lowest BCUT2D eigenvalue weighted by Crippen LogP contribution is -2.29. The van der Waals surface area contributed by atoms with Gasteiger partial charge in [-0.25, -0.2) is 4.39 Å². The van der Waals surface area contributed by atoms with E-state index >= 15 is 0 Å². The molecular weight excluding hydrogens is 313 g/mol. The molecule has 24 heavy (non-hydrogen) atoms. The first-order valence-corrected chi connectivity index (χ1v) is 9.55. The van der Waals surface area contributed by atoms with Gasteiger partial charge < -0.3 is 4.74 Å². The molecule has 0 N–H and O–H groups in total. The van der Waals surface area contributed by atoms with Crippen LogP contribution in [-0.2, 0) is 4.74 Å². The average Bonchev–Trinajstić information content (AvgIpc) is 2.61. The second-order valence-electron chi connectivity index (χ2n) is 7.41. The number of unbranched alkanes of at least 4 members (excludes halogenated alkanes) is 2. The summed E-state index contributed by atoms with van der Waals surface area (Å²) in [6.45, 7) is 4.56. The first kappa shape index (κ1) is 19.6. The van der Waals surface area contributed by atoms with Crippen LogP contribution in [0.3, 0.4) is 0 Å². The topological polar surface area (TPSA) is 9.23 Å². The number of rotatable bonds is 8. The first-order valence-electron chi connectivity index (χ1n) is 9.55. The molecule has 1 nitrogen and oxygen atoms in total. The number of allylic oxidation sites excluding steroid dienone is 2. The van der Waals surface area contributed by atoms with E-state index in [0.29, 0.717) is 30.8 Å². The van der Waals surface area contributed by atoms with Crippen LogP contribution in [0.1, 0.15) is 70.6 Å². The summed E-state index contributed by atoms with van der Waals surface area (Å²) in [5.74, 6) is -0.442. The molecule has 2 aliphatic rings. The molecule has 2 saturated carbocycles. The Bertz CT molecular complexity index is 401. The fourth-order valence-electron chi connectivity index (χ4n) is 4.37. The van der Waals surface area contributed by atoms with Crippen LogP contribution >= 0.6 is 0 Å². The van der Waals surface area contributed by atoms with E-state index in [9.17, 15) is 13.2 Å². The van der Waals surface area contributed by atoms with Gasteiger partial charge >= 0.3 is 6.08 Å². The van der Waals surface area contributed by atoms with Gasteiger partial charge in [-0.05, 0) is 82.5 Å². The van der Waals surface area contributed by atoms with Crippen LogP contribution in [0.5, 0.6) is 0 Å². The van der Waals surface area contributed by atoms with Gasteiger partial charge in [-0.15, -0.1) is 6.58 Å². The maximum atomic E-state index is 13.3. The normalized spacial score (nSPS) is 30.8. The van der Waals surface area contributed by atoms with Crippen LogP contribution in [0.2, 0.25) is 0 Å².